The fourth-order valence-electron chi connectivity index (χ4n) is 0.999. The average Bonchev–Trinajstić information content (AvgIpc) is 2.52. The lowest BCUT2D eigenvalue weighted by molar-refractivity contribution is 0.501. The minimum Gasteiger partial charge on any atom is -0.271 e. The highest BCUT2D eigenvalue weighted by atomic mass is 32.1. The van der Waals surface area contributed by atoms with Crippen LogP contribution in [0.2, 0.25) is 0 Å². The molecule has 1 aromatic rings. The predicted octanol–water partition coefficient (Wildman–Crippen LogP) is 1.45. The van der Waals surface area contributed by atoms with Gasteiger partial charge in [0, 0.05) is 5.38 Å². The van der Waals surface area contributed by atoms with E-state index in [0.29, 0.717) is 0 Å². The van der Waals surface area contributed by atoms with E-state index in [1.165, 1.54) is 0 Å². The second-order valence-corrected chi connectivity index (χ2v) is 3.14. The van der Waals surface area contributed by atoms with E-state index < -0.39 is 0 Å². The lowest BCUT2D eigenvalue weighted by Crippen LogP contribution is -2.28. The zero-order valence-electron chi connectivity index (χ0n) is 6.58. The van der Waals surface area contributed by atoms with Gasteiger partial charge >= 0.3 is 0 Å². The Kier molecular flexibility index (Phi) is 3.48. The van der Waals surface area contributed by atoms with Crippen molar-refractivity contribution in [1.29, 1.82) is 0 Å². The monoisotopic (exact) mass is 171 g/mol. The van der Waals surface area contributed by atoms with Crippen molar-refractivity contribution >= 4 is 11.3 Å². The Labute approximate surface area is 70.6 Å². The minimum atomic E-state index is 0.228. The molecular formula is C7H13N3S. The van der Waals surface area contributed by atoms with Crippen LogP contribution in [-0.2, 0) is 0 Å². The van der Waals surface area contributed by atoms with Crippen LogP contribution < -0.4 is 11.3 Å². The zero-order chi connectivity index (χ0) is 8.10. The second kappa shape index (κ2) is 4.43. The summed E-state index contributed by atoms with van der Waals surface area (Å²) in [7, 11) is 0. The molecule has 0 spiro atoms. The summed E-state index contributed by atoms with van der Waals surface area (Å²) in [4.78, 5) is 4.18. The van der Waals surface area contributed by atoms with Crippen LogP contribution in [-0.4, -0.2) is 4.98 Å². The molecular weight excluding hydrogens is 158 g/mol. The van der Waals surface area contributed by atoms with Gasteiger partial charge in [0.25, 0.3) is 0 Å². The maximum Gasteiger partial charge on any atom is 0.0795 e. The fraction of sp³-hybridized carbons (Fsp3) is 0.571. The first-order valence-corrected chi connectivity index (χ1v) is 4.67. The summed E-state index contributed by atoms with van der Waals surface area (Å²) >= 11 is 1.60. The first kappa shape index (κ1) is 8.64. The van der Waals surface area contributed by atoms with Gasteiger partial charge in [-0.2, -0.15) is 0 Å². The molecule has 1 unspecified atom stereocenters. The molecule has 4 heteroatoms. The van der Waals surface area contributed by atoms with E-state index in [0.717, 1.165) is 18.5 Å². The number of hydrogen-bond acceptors (Lipinski definition) is 4. The SMILES string of the molecule is CCCC(NN)c1cscn1. The highest BCUT2D eigenvalue weighted by molar-refractivity contribution is 7.07. The Morgan fingerprint density at radius 2 is 2.64 bits per heavy atom. The molecule has 0 saturated heterocycles. The minimum absolute atomic E-state index is 0.228. The van der Waals surface area contributed by atoms with Gasteiger partial charge in [0.15, 0.2) is 0 Å². The lowest BCUT2D eigenvalue weighted by Gasteiger charge is -2.10. The van der Waals surface area contributed by atoms with E-state index in [1.54, 1.807) is 11.3 Å². The number of rotatable bonds is 4. The van der Waals surface area contributed by atoms with Crippen LogP contribution >= 0.6 is 11.3 Å². The van der Waals surface area contributed by atoms with Crippen LogP contribution in [0.15, 0.2) is 10.9 Å². The fourth-order valence-corrected chi connectivity index (χ4v) is 1.61. The van der Waals surface area contributed by atoms with Gasteiger partial charge in [-0.1, -0.05) is 13.3 Å². The van der Waals surface area contributed by atoms with Crippen LogP contribution in [0.3, 0.4) is 0 Å². The Hall–Kier alpha value is -0.450. The van der Waals surface area contributed by atoms with Crippen LogP contribution in [0.5, 0.6) is 0 Å². The molecule has 0 aliphatic carbocycles. The molecule has 0 aromatic carbocycles. The Morgan fingerprint density at radius 3 is 3.09 bits per heavy atom. The number of nitrogens with zero attached hydrogens (tertiary/aromatic N) is 1. The molecule has 0 aliphatic rings. The Balaban J connectivity index is 2.56. The summed E-state index contributed by atoms with van der Waals surface area (Å²) in [6.07, 6.45) is 2.16. The molecule has 3 nitrogen and oxygen atoms in total. The quantitative estimate of drug-likeness (QED) is 0.532. The van der Waals surface area contributed by atoms with Crippen molar-refractivity contribution in [3.63, 3.8) is 0 Å². The summed E-state index contributed by atoms with van der Waals surface area (Å²) < 4.78 is 0. The van der Waals surface area contributed by atoms with Crippen LogP contribution in [0.4, 0.5) is 0 Å². The van der Waals surface area contributed by atoms with Gasteiger partial charge in [-0.15, -0.1) is 11.3 Å². The Morgan fingerprint density at radius 1 is 1.82 bits per heavy atom. The molecule has 1 atom stereocenters. The molecule has 0 fully saturated rings. The van der Waals surface area contributed by atoms with Crippen molar-refractivity contribution in [1.82, 2.24) is 10.4 Å². The van der Waals surface area contributed by atoms with E-state index in [4.69, 9.17) is 5.84 Å². The third-order valence-electron chi connectivity index (χ3n) is 1.59. The molecule has 11 heavy (non-hydrogen) atoms. The van der Waals surface area contributed by atoms with Gasteiger partial charge in [-0.05, 0) is 6.42 Å². The number of nitrogens with two attached hydrogens (primary N) is 1. The normalized spacial score (nSPS) is 13.3. The first-order valence-electron chi connectivity index (χ1n) is 3.72. The smallest absolute Gasteiger partial charge is 0.0795 e. The summed E-state index contributed by atoms with van der Waals surface area (Å²) in [5.41, 5.74) is 5.63. The first-order chi connectivity index (χ1) is 5.38. The third-order valence-corrected chi connectivity index (χ3v) is 2.19. The Bertz CT molecular complexity index is 186. The van der Waals surface area contributed by atoms with E-state index >= 15 is 0 Å². The molecule has 1 heterocycles. The summed E-state index contributed by atoms with van der Waals surface area (Å²) in [6, 6.07) is 0.228. The topological polar surface area (TPSA) is 50.9 Å². The maximum atomic E-state index is 5.36. The summed E-state index contributed by atoms with van der Waals surface area (Å²) in [5.74, 6) is 5.36. The molecule has 0 saturated carbocycles. The molecule has 1 aromatic heterocycles. The number of hydrogen-bond donors (Lipinski definition) is 2. The average molecular weight is 171 g/mol. The number of nitrogens with one attached hydrogen (secondary N) is 1. The third kappa shape index (κ3) is 2.25. The second-order valence-electron chi connectivity index (χ2n) is 2.42. The van der Waals surface area contributed by atoms with Gasteiger partial charge in [0.1, 0.15) is 0 Å². The standard InChI is InChI=1S/C7H13N3S/c1-2-3-6(10-8)7-4-11-5-9-7/h4-6,10H,2-3,8H2,1H3. The molecule has 0 aliphatic heterocycles. The lowest BCUT2D eigenvalue weighted by atomic mass is 10.1. The molecule has 1 rings (SSSR count). The van der Waals surface area contributed by atoms with E-state index in [9.17, 15) is 0 Å². The highest BCUT2D eigenvalue weighted by Gasteiger charge is 2.08. The largest absolute Gasteiger partial charge is 0.271 e. The van der Waals surface area contributed by atoms with E-state index in [2.05, 4.69) is 17.3 Å². The number of thiazole rings is 1. The number of aromatic nitrogens is 1. The van der Waals surface area contributed by atoms with Crippen molar-refractivity contribution in [3.05, 3.63) is 16.6 Å². The van der Waals surface area contributed by atoms with Crippen LogP contribution in [0.1, 0.15) is 31.5 Å². The van der Waals surface area contributed by atoms with Gasteiger partial charge in [-0.25, -0.2) is 4.98 Å². The van der Waals surface area contributed by atoms with Gasteiger partial charge in [0.2, 0.25) is 0 Å². The van der Waals surface area contributed by atoms with Gasteiger partial charge in [0.05, 0.1) is 17.2 Å². The summed E-state index contributed by atoms with van der Waals surface area (Å²) in [5, 5.41) is 2.03. The van der Waals surface area contributed by atoms with E-state index in [1.807, 2.05) is 10.9 Å². The molecule has 3 N–H and O–H groups in total. The van der Waals surface area contributed by atoms with Crippen molar-refractivity contribution in [2.45, 2.75) is 25.8 Å². The highest BCUT2D eigenvalue weighted by Crippen LogP contribution is 2.16. The van der Waals surface area contributed by atoms with Crippen LogP contribution in [0, 0.1) is 0 Å². The maximum absolute atomic E-state index is 5.36. The molecule has 0 bridgehead atoms. The van der Waals surface area contributed by atoms with E-state index in [-0.39, 0.29) is 6.04 Å². The van der Waals surface area contributed by atoms with Gasteiger partial charge < -0.3 is 0 Å². The van der Waals surface area contributed by atoms with Gasteiger partial charge in [-0.3, -0.25) is 11.3 Å². The molecule has 62 valence electrons. The molecule has 0 amide bonds. The van der Waals surface area contributed by atoms with Crippen molar-refractivity contribution in [2.24, 2.45) is 5.84 Å². The van der Waals surface area contributed by atoms with Crippen molar-refractivity contribution in [3.8, 4) is 0 Å². The zero-order valence-corrected chi connectivity index (χ0v) is 7.40. The van der Waals surface area contributed by atoms with Crippen molar-refractivity contribution in [2.75, 3.05) is 0 Å². The van der Waals surface area contributed by atoms with Crippen LogP contribution in [0.25, 0.3) is 0 Å². The predicted molar refractivity (Wildman–Crippen MR) is 47.1 cm³/mol. The molecule has 0 radical (unpaired) electrons. The number of hydrazine groups is 1. The van der Waals surface area contributed by atoms with Crippen molar-refractivity contribution < 1.29 is 0 Å². The summed E-state index contributed by atoms with van der Waals surface area (Å²) in [6.45, 7) is 2.14.